The molecule has 0 aliphatic carbocycles. The largest absolute Gasteiger partial charge is 0.491 e. The first-order chi connectivity index (χ1) is 22.9. The van der Waals surface area contributed by atoms with Gasteiger partial charge >= 0.3 is 5.97 Å². The van der Waals surface area contributed by atoms with Crippen LogP contribution in [0.25, 0.3) is 10.2 Å². The van der Waals surface area contributed by atoms with Crippen LogP contribution >= 0.6 is 22.7 Å². The fraction of sp³-hybridized carbons (Fsp3) is 0.324. The maximum Gasteiger partial charge on any atom is 0.358 e. The Hall–Kier alpha value is -4.64. The molecule has 0 amide bonds. The van der Waals surface area contributed by atoms with Crippen LogP contribution in [-0.2, 0) is 17.6 Å². The Bertz CT molecular complexity index is 1930. The molecular weight excluding hydrogens is 638 g/mol. The van der Waals surface area contributed by atoms with Gasteiger partial charge < -0.3 is 25.0 Å². The molecule has 4 heterocycles. The minimum Gasteiger partial charge on any atom is -0.491 e. The van der Waals surface area contributed by atoms with E-state index in [2.05, 4.69) is 37.7 Å². The number of halogens is 1. The van der Waals surface area contributed by atoms with Gasteiger partial charge in [-0.2, -0.15) is 0 Å². The zero-order valence-electron chi connectivity index (χ0n) is 26.4. The third-order valence-electron chi connectivity index (χ3n) is 7.53. The van der Waals surface area contributed by atoms with Crippen molar-refractivity contribution in [2.75, 3.05) is 43.6 Å². The van der Waals surface area contributed by atoms with Crippen LogP contribution in [-0.4, -0.2) is 59.5 Å². The summed E-state index contributed by atoms with van der Waals surface area (Å²) in [5.41, 5.74) is 3.89. The first-order valence-electron chi connectivity index (χ1n) is 15.4. The molecule has 5 aromatic rings. The molecule has 2 N–H and O–H groups in total. The van der Waals surface area contributed by atoms with Gasteiger partial charge in [-0.1, -0.05) is 35.3 Å². The number of carbonyl (C=O) groups is 1. The third-order valence-corrected chi connectivity index (χ3v) is 9.62. The van der Waals surface area contributed by atoms with Crippen molar-refractivity contribution in [2.24, 2.45) is 0 Å². The van der Waals surface area contributed by atoms with Crippen LogP contribution in [0.5, 0.6) is 5.75 Å². The number of fused-ring (bicyclic) bond motifs is 2. The Morgan fingerprint density at radius 2 is 2.02 bits per heavy atom. The number of anilines is 4. The number of rotatable bonds is 11. The highest BCUT2D eigenvalue weighted by Crippen LogP contribution is 2.39. The number of hydrogen-bond acceptors (Lipinski definition) is 12. The molecule has 0 radical (unpaired) electrons. The van der Waals surface area contributed by atoms with E-state index in [0.29, 0.717) is 42.4 Å². The van der Waals surface area contributed by atoms with Gasteiger partial charge in [-0.3, -0.25) is 0 Å². The number of carbonyl (C=O) groups excluding carboxylic acids is 1. The third kappa shape index (κ3) is 7.35. The minimum absolute atomic E-state index is 0.163. The molecule has 0 spiro atoms. The Morgan fingerprint density at radius 1 is 1.15 bits per heavy atom. The van der Waals surface area contributed by atoms with Crippen LogP contribution in [0.4, 0.5) is 26.3 Å². The summed E-state index contributed by atoms with van der Waals surface area (Å²) in [5.74, 6) is 6.46. The van der Waals surface area contributed by atoms with Gasteiger partial charge in [0.15, 0.2) is 39.2 Å². The molecule has 3 aromatic heterocycles. The first-order valence-corrected chi connectivity index (χ1v) is 17.1. The SMILES string of the molecule is CCOC(=O)c1nc(N2CCCc3c2nnc(Nc2nc4ccccc4s2)c3C)sc1CCCOc1ccc(C#CCNC)cc1F. The van der Waals surface area contributed by atoms with Crippen molar-refractivity contribution in [2.45, 2.75) is 39.5 Å². The smallest absolute Gasteiger partial charge is 0.358 e. The zero-order valence-corrected chi connectivity index (χ0v) is 28.0. The number of ether oxygens (including phenoxy) is 2. The second-order valence-corrected chi connectivity index (χ2v) is 12.9. The van der Waals surface area contributed by atoms with Crippen molar-refractivity contribution in [1.82, 2.24) is 25.5 Å². The van der Waals surface area contributed by atoms with Crippen molar-refractivity contribution in [3.8, 4) is 17.6 Å². The lowest BCUT2D eigenvalue weighted by atomic mass is 10.0. The lowest BCUT2D eigenvalue weighted by Gasteiger charge is -2.28. The van der Waals surface area contributed by atoms with Crippen molar-refractivity contribution < 1.29 is 18.7 Å². The monoisotopic (exact) mass is 671 g/mol. The molecule has 0 unspecified atom stereocenters. The molecule has 1 aliphatic rings. The summed E-state index contributed by atoms with van der Waals surface area (Å²) in [6.07, 6.45) is 2.80. The van der Waals surface area contributed by atoms with Crippen molar-refractivity contribution >= 4 is 60.8 Å². The van der Waals surface area contributed by atoms with Crippen LogP contribution < -0.4 is 20.3 Å². The van der Waals surface area contributed by atoms with Gasteiger partial charge in [-0.15, -0.1) is 21.5 Å². The molecule has 0 saturated carbocycles. The topological polar surface area (TPSA) is 114 Å². The molecule has 2 aromatic carbocycles. The number of thiazole rings is 2. The van der Waals surface area contributed by atoms with Crippen molar-refractivity contribution in [3.05, 3.63) is 75.5 Å². The molecule has 242 valence electrons. The van der Waals surface area contributed by atoms with E-state index in [4.69, 9.17) is 14.5 Å². The summed E-state index contributed by atoms with van der Waals surface area (Å²) in [6.45, 7) is 5.53. The number of esters is 1. The van der Waals surface area contributed by atoms with E-state index in [0.717, 1.165) is 50.0 Å². The van der Waals surface area contributed by atoms with Crippen LogP contribution in [0.2, 0.25) is 0 Å². The summed E-state index contributed by atoms with van der Waals surface area (Å²) in [6, 6.07) is 12.7. The molecule has 47 heavy (non-hydrogen) atoms. The number of hydrogen-bond donors (Lipinski definition) is 2. The highest BCUT2D eigenvalue weighted by atomic mass is 32.1. The number of nitrogens with zero attached hydrogens (tertiary/aromatic N) is 5. The normalized spacial score (nSPS) is 12.4. The average molecular weight is 672 g/mol. The van der Waals surface area contributed by atoms with Gasteiger partial charge in [-0.25, -0.2) is 19.2 Å². The van der Waals surface area contributed by atoms with Gasteiger partial charge in [0.25, 0.3) is 0 Å². The van der Waals surface area contributed by atoms with E-state index in [1.165, 1.54) is 17.4 Å². The Labute approximate surface area is 280 Å². The molecule has 6 rings (SSSR count). The minimum atomic E-state index is -0.471. The molecule has 0 bridgehead atoms. The highest BCUT2D eigenvalue weighted by molar-refractivity contribution is 7.22. The van der Waals surface area contributed by atoms with E-state index >= 15 is 0 Å². The molecule has 0 atom stereocenters. The van der Waals surface area contributed by atoms with E-state index in [1.807, 2.05) is 36.1 Å². The summed E-state index contributed by atoms with van der Waals surface area (Å²) in [5, 5.41) is 16.9. The van der Waals surface area contributed by atoms with Gasteiger partial charge in [-0.05, 0) is 76.9 Å². The molecule has 10 nitrogen and oxygen atoms in total. The number of nitrogens with one attached hydrogen (secondary N) is 2. The Morgan fingerprint density at radius 3 is 2.83 bits per heavy atom. The van der Waals surface area contributed by atoms with Gasteiger partial charge in [0, 0.05) is 28.1 Å². The number of aryl methyl sites for hydroxylation is 1. The van der Waals surface area contributed by atoms with Gasteiger partial charge in [0.05, 0.1) is 30.0 Å². The molecular formula is C34H34FN7O3S2. The van der Waals surface area contributed by atoms with Crippen molar-refractivity contribution in [3.63, 3.8) is 0 Å². The number of aromatic nitrogens is 4. The van der Waals surface area contributed by atoms with Crippen LogP contribution in [0.1, 0.15) is 51.8 Å². The highest BCUT2D eigenvalue weighted by Gasteiger charge is 2.29. The number of para-hydroxylation sites is 1. The maximum absolute atomic E-state index is 14.6. The molecule has 0 saturated heterocycles. The molecule has 13 heteroatoms. The summed E-state index contributed by atoms with van der Waals surface area (Å²) < 4.78 is 26.8. The fourth-order valence-corrected chi connectivity index (χ4v) is 7.22. The average Bonchev–Trinajstić information content (AvgIpc) is 3.69. The molecule has 1 aliphatic heterocycles. The van der Waals surface area contributed by atoms with E-state index in [1.54, 1.807) is 37.4 Å². The zero-order chi connectivity index (χ0) is 32.8. The standard InChI is InChI=1S/C34H34FN7O3S2/c1-4-44-32(43)29-28(14-9-19-45-26-16-15-22(20-24(26)35)10-7-17-36-3)47-34(38-29)42-18-8-11-23-21(2)30(40-41-31(23)42)39-33-37-25-12-5-6-13-27(25)46-33/h5-6,12-13,15-16,20,36H,4,8-9,11,14,17-19H2,1-3H3,(H,37,39,40). The maximum atomic E-state index is 14.6. The van der Waals surface area contributed by atoms with E-state index in [-0.39, 0.29) is 24.7 Å². The Kier molecular flexibility index (Phi) is 10.2. The van der Waals surface area contributed by atoms with Gasteiger partial charge in [0.1, 0.15) is 0 Å². The predicted molar refractivity (Wildman–Crippen MR) is 184 cm³/mol. The summed E-state index contributed by atoms with van der Waals surface area (Å²) in [4.78, 5) is 25.2. The second-order valence-electron chi connectivity index (χ2n) is 10.8. The second kappa shape index (κ2) is 14.8. The predicted octanol–water partition coefficient (Wildman–Crippen LogP) is 6.58. The van der Waals surface area contributed by atoms with Gasteiger partial charge in [0.2, 0.25) is 0 Å². The summed E-state index contributed by atoms with van der Waals surface area (Å²) in [7, 11) is 1.80. The van der Waals surface area contributed by atoms with Crippen LogP contribution in [0.3, 0.4) is 0 Å². The van der Waals surface area contributed by atoms with Crippen LogP contribution in [0.15, 0.2) is 42.5 Å². The van der Waals surface area contributed by atoms with Crippen LogP contribution in [0, 0.1) is 24.6 Å². The Balaban J connectivity index is 1.17. The first kappa shape index (κ1) is 32.3. The lowest BCUT2D eigenvalue weighted by Crippen LogP contribution is -2.27. The lowest BCUT2D eigenvalue weighted by molar-refractivity contribution is 0.0519. The number of benzene rings is 2. The molecule has 0 fully saturated rings. The fourth-order valence-electron chi connectivity index (χ4n) is 5.24. The quantitative estimate of drug-likeness (QED) is 0.0907. The van der Waals surface area contributed by atoms with E-state index < -0.39 is 11.8 Å². The summed E-state index contributed by atoms with van der Waals surface area (Å²) >= 11 is 3.00. The van der Waals surface area contributed by atoms with Crippen molar-refractivity contribution in [1.29, 1.82) is 0 Å². The van der Waals surface area contributed by atoms with E-state index in [9.17, 15) is 9.18 Å².